The van der Waals surface area contributed by atoms with Crippen molar-refractivity contribution >= 4 is 16.6 Å². The summed E-state index contributed by atoms with van der Waals surface area (Å²) in [6, 6.07) is 8.56. The van der Waals surface area contributed by atoms with Crippen LogP contribution in [0.2, 0.25) is 0 Å². The van der Waals surface area contributed by atoms with Gasteiger partial charge in [-0.3, -0.25) is 0 Å². The van der Waals surface area contributed by atoms with Gasteiger partial charge in [-0.25, -0.2) is 0 Å². The van der Waals surface area contributed by atoms with Crippen LogP contribution in [-0.4, -0.2) is 4.57 Å². The van der Waals surface area contributed by atoms with Crippen molar-refractivity contribution in [1.82, 2.24) is 4.57 Å². The molecule has 1 aliphatic carbocycles. The molecule has 13 heavy (non-hydrogen) atoms. The van der Waals surface area contributed by atoms with E-state index in [0.717, 1.165) is 6.42 Å². The van der Waals surface area contributed by atoms with E-state index in [4.69, 9.17) is 0 Å². The Labute approximate surface area is 77.3 Å². The summed E-state index contributed by atoms with van der Waals surface area (Å²) in [5.41, 5.74) is 4.14. The number of benzene rings is 1. The number of aromatic nitrogens is 1. The second-order valence-corrected chi connectivity index (χ2v) is 3.60. The molecule has 0 unspecified atom stereocenters. The molecule has 2 aromatic rings. The van der Waals surface area contributed by atoms with Crippen molar-refractivity contribution in [2.75, 3.05) is 0 Å². The van der Waals surface area contributed by atoms with Crippen LogP contribution >= 0.6 is 0 Å². The first-order valence-corrected chi connectivity index (χ1v) is 4.62. The van der Waals surface area contributed by atoms with Crippen LogP contribution in [0, 0.1) is 6.92 Å². The molecule has 0 atom stereocenters. The molecular weight excluding hydrogens is 158 g/mol. The average molecular weight is 169 g/mol. The number of rotatable bonds is 1. The van der Waals surface area contributed by atoms with E-state index in [9.17, 15) is 0 Å². The van der Waals surface area contributed by atoms with Gasteiger partial charge in [-0.2, -0.15) is 0 Å². The van der Waals surface area contributed by atoms with Gasteiger partial charge in [0.15, 0.2) is 0 Å². The smallest absolute Gasteiger partial charge is 0.0527 e. The van der Waals surface area contributed by atoms with Crippen molar-refractivity contribution in [3.63, 3.8) is 0 Å². The lowest BCUT2D eigenvalue weighted by molar-refractivity contribution is 1.17. The van der Waals surface area contributed by atoms with E-state index in [1.165, 1.54) is 22.2 Å². The summed E-state index contributed by atoms with van der Waals surface area (Å²) in [6.07, 6.45) is 5.63. The maximum Gasteiger partial charge on any atom is 0.0527 e. The maximum atomic E-state index is 2.30. The van der Waals surface area contributed by atoms with Crippen molar-refractivity contribution in [1.29, 1.82) is 0 Å². The van der Waals surface area contributed by atoms with Crippen molar-refractivity contribution in [3.05, 3.63) is 42.1 Å². The molecule has 0 radical (unpaired) electrons. The third-order valence-electron chi connectivity index (χ3n) is 2.61. The molecule has 0 amide bonds. The van der Waals surface area contributed by atoms with Crippen LogP contribution in [0.4, 0.5) is 0 Å². The molecule has 0 N–H and O–H groups in total. The number of allylic oxidation sites excluding steroid dienone is 2. The lowest BCUT2D eigenvalue weighted by atomic mass is 10.2. The molecule has 1 nitrogen and oxygen atoms in total. The number of para-hydroxylation sites is 1. The van der Waals surface area contributed by atoms with Crippen LogP contribution in [0.1, 0.15) is 12.0 Å². The van der Waals surface area contributed by atoms with Gasteiger partial charge in [-0.1, -0.05) is 24.3 Å². The van der Waals surface area contributed by atoms with E-state index in [1.54, 1.807) is 0 Å². The average Bonchev–Trinajstić information content (AvgIpc) is 2.94. The minimum Gasteiger partial charge on any atom is -0.320 e. The van der Waals surface area contributed by atoms with Crippen LogP contribution < -0.4 is 0 Å². The van der Waals surface area contributed by atoms with E-state index >= 15 is 0 Å². The molecule has 0 fully saturated rings. The van der Waals surface area contributed by atoms with Crippen LogP contribution in [0.5, 0.6) is 0 Å². The third-order valence-corrected chi connectivity index (χ3v) is 2.61. The number of fused-ring (bicyclic) bond motifs is 1. The molecule has 1 heterocycles. The van der Waals surface area contributed by atoms with Gasteiger partial charge < -0.3 is 4.57 Å². The standard InChI is InChI=1S/C12H11N/c1-9-8-13(10-6-7-10)12-5-3-2-4-11(9)12/h2-6,8H,7H2,1H3. The van der Waals surface area contributed by atoms with Gasteiger partial charge in [0.1, 0.15) is 0 Å². The quantitative estimate of drug-likeness (QED) is 0.617. The Morgan fingerprint density at radius 1 is 1.23 bits per heavy atom. The van der Waals surface area contributed by atoms with Crippen molar-refractivity contribution in [3.8, 4) is 0 Å². The first-order valence-electron chi connectivity index (χ1n) is 4.62. The first-order chi connectivity index (χ1) is 6.36. The van der Waals surface area contributed by atoms with Gasteiger partial charge >= 0.3 is 0 Å². The fourth-order valence-corrected chi connectivity index (χ4v) is 1.83. The monoisotopic (exact) mass is 169 g/mol. The topological polar surface area (TPSA) is 4.93 Å². The van der Waals surface area contributed by atoms with Crippen molar-refractivity contribution < 1.29 is 0 Å². The maximum absolute atomic E-state index is 2.30. The van der Waals surface area contributed by atoms with Gasteiger partial charge in [0, 0.05) is 23.7 Å². The molecule has 0 bridgehead atoms. The fraction of sp³-hybridized carbons (Fsp3) is 0.167. The predicted octanol–water partition coefficient (Wildman–Crippen LogP) is 3.19. The van der Waals surface area contributed by atoms with Gasteiger partial charge in [0.05, 0.1) is 5.52 Å². The van der Waals surface area contributed by atoms with Crippen LogP contribution in [0.15, 0.2) is 36.5 Å². The van der Waals surface area contributed by atoms with Gasteiger partial charge in [-0.05, 0) is 18.6 Å². The lowest BCUT2D eigenvalue weighted by Crippen LogP contribution is -1.83. The zero-order valence-electron chi connectivity index (χ0n) is 7.62. The number of hydrogen-bond acceptors (Lipinski definition) is 0. The molecule has 64 valence electrons. The zero-order chi connectivity index (χ0) is 8.84. The van der Waals surface area contributed by atoms with E-state index in [2.05, 4.69) is 48.0 Å². The Morgan fingerprint density at radius 2 is 2.00 bits per heavy atom. The number of hydrogen-bond donors (Lipinski definition) is 0. The largest absolute Gasteiger partial charge is 0.320 e. The Morgan fingerprint density at radius 3 is 2.77 bits per heavy atom. The van der Waals surface area contributed by atoms with Gasteiger partial charge in [-0.15, -0.1) is 0 Å². The molecular formula is C12H11N. The highest BCUT2D eigenvalue weighted by Gasteiger charge is 2.13. The molecule has 0 saturated heterocycles. The summed E-state index contributed by atoms with van der Waals surface area (Å²) in [4.78, 5) is 0. The van der Waals surface area contributed by atoms with E-state index in [0.29, 0.717) is 0 Å². The Kier molecular flexibility index (Phi) is 1.21. The summed E-state index contributed by atoms with van der Waals surface area (Å²) in [5.74, 6) is 0. The summed E-state index contributed by atoms with van der Waals surface area (Å²) in [6.45, 7) is 2.17. The minimum atomic E-state index is 1.15. The van der Waals surface area contributed by atoms with Crippen molar-refractivity contribution in [2.45, 2.75) is 13.3 Å². The Balaban J connectivity index is 2.41. The number of aryl methyl sites for hydroxylation is 1. The van der Waals surface area contributed by atoms with Crippen LogP contribution in [0.25, 0.3) is 16.6 Å². The second-order valence-electron chi connectivity index (χ2n) is 3.60. The van der Waals surface area contributed by atoms with Crippen LogP contribution in [-0.2, 0) is 0 Å². The highest BCUT2D eigenvalue weighted by Crippen LogP contribution is 2.31. The minimum absolute atomic E-state index is 1.15. The Hall–Kier alpha value is -1.50. The predicted molar refractivity (Wildman–Crippen MR) is 55.6 cm³/mol. The first kappa shape index (κ1) is 6.96. The SMILES string of the molecule is Cc1cn(C2=CC2)c2ccccc12. The lowest BCUT2D eigenvalue weighted by Gasteiger charge is -1.97. The van der Waals surface area contributed by atoms with Crippen LogP contribution in [0.3, 0.4) is 0 Å². The van der Waals surface area contributed by atoms with E-state index < -0.39 is 0 Å². The van der Waals surface area contributed by atoms with E-state index in [1.807, 2.05) is 0 Å². The zero-order valence-corrected chi connectivity index (χ0v) is 7.62. The molecule has 0 spiro atoms. The van der Waals surface area contributed by atoms with Crippen molar-refractivity contribution in [2.24, 2.45) is 0 Å². The highest BCUT2D eigenvalue weighted by molar-refractivity contribution is 5.88. The summed E-state index contributed by atoms with van der Waals surface area (Å²) < 4.78 is 2.30. The second kappa shape index (κ2) is 2.25. The van der Waals surface area contributed by atoms with Gasteiger partial charge in [0.25, 0.3) is 0 Å². The summed E-state index contributed by atoms with van der Waals surface area (Å²) in [7, 11) is 0. The summed E-state index contributed by atoms with van der Waals surface area (Å²) >= 11 is 0. The highest BCUT2D eigenvalue weighted by atomic mass is 15.0. The molecule has 0 aliphatic heterocycles. The molecule has 0 saturated carbocycles. The normalized spacial score (nSPS) is 14.7. The number of nitrogens with zero attached hydrogens (tertiary/aromatic N) is 1. The molecule has 1 aliphatic rings. The third kappa shape index (κ3) is 0.934. The Bertz CT molecular complexity index is 503. The molecule has 1 aromatic heterocycles. The van der Waals surface area contributed by atoms with E-state index in [-0.39, 0.29) is 0 Å². The summed E-state index contributed by atoms with van der Waals surface area (Å²) in [5, 5.41) is 1.37. The fourth-order valence-electron chi connectivity index (χ4n) is 1.83. The molecule has 1 heteroatoms. The molecule has 3 rings (SSSR count). The molecule has 1 aromatic carbocycles. The van der Waals surface area contributed by atoms with Gasteiger partial charge in [0.2, 0.25) is 0 Å².